The largest absolute Gasteiger partial charge is 0.342 e. The van der Waals surface area contributed by atoms with Gasteiger partial charge in [-0.3, -0.25) is 19.4 Å². The van der Waals surface area contributed by atoms with Crippen molar-refractivity contribution in [1.29, 1.82) is 0 Å². The number of nitrogens with zero attached hydrogens (tertiary/aromatic N) is 3. The lowest BCUT2D eigenvalue weighted by Crippen LogP contribution is -2.51. The van der Waals surface area contributed by atoms with Crippen LogP contribution in [0.25, 0.3) is 0 Å². The number of amides is 2. The van der Waals surface area contributed by atoms with Gasteiger partial charge in [-0.15, -0.1) is 0 Å². The van der Waals surface area contributed by atoms with Gasteiger partial charge in [0, 0.05) is 45.0 Å². The fourth-order valence-electron chi connectivity index (χ4n) is 3.25. The SMILES string of the molecule is CCN(CC)C(=O)CN1CCN(CC(=O)Nc2cccc(C)c2C)CC1. The second-order valence-corrected chi connectivity index (χ2v) is 6.91. The number of likely N-dealkylation sites (N-methyl/N-ethyl adjacent to an activating group) is 1. The van der Waals surface area contributed by atoms with Crippen LogP contribution < -0.4 is 5.32 Å². The van der Waals surface area contributed by atoms with Crippen LogP contribution in [0.1, 0.15) is 25.0 Å². The average molecular weight is 361 g/mol. The van der Waals surface area contributed by atoms with Gasteiger partial charge in [0.1, 0.15) is 0 Å². The summed E-state index contributed by atoms with van der Waals surface area (Å²) in [7, 11) is 0. The molecule has 6 nitrogen and oxygen atoms in total. The number of hydrogen-bond donors (Lipinski definition) is 1. The van der Waals surface area contributed by atoms with Gasteiger partial charge < -0.3 is 10.2 Å². The van der Waals surface area contributed by atoms with E-state index in [2.05, 4.69) is 15.1 Å². The monoisotopic (exact) mass is 360 g/mol. The lowest BCUT2D eigenvalue weighted by atomic mass is 10.1. The minimum atomic E-state index is 0.0198. The molecule has 0 radical (unpaired) electrons. The molecule has 0 unspecified atom stereocenters. The van der Waals surface area contributed by atoms with E-state index in [0.29, 0.717) is 13.1 Å². The molecule has 2 amide bonds. The minimum Gasteiger partial charge on any atom is -0.342 e. The summed E-state index contributed by atoms with van der Waals surface area (Å²) in [6, 6.07) is 5.95. The lowest BCUT2D eigenvalue weighted by molar-refractivity contribution is -0.132. The number of nitrogens with one attached hydrogen (secondary N) is 1. The molecule has 0 bridgehead atoms. The molecule has 1 aliphatic heterocycles. The molecule has 6 heteroatoms. The third-order valence-electron chi connectivity index (χ3n) is 5.19. The van der Waals surface area contributed by atoms with Crippen LogP contribution in [0.15, 0.2) is 18.2 Å². The van der Waals surface area contributed by atoms with Crippen LogP contribution in [-0.4, -0.2) is 78.9 Å². The standard InChI is InChI=1S/C20H32N4O2/c1-5-24(6-2)20(26)15-23-12-10-22(11-13-23)14-19(25)21-18-9-7-8-16(3)17(18)4/h7-9H,5-6,10-15H2,1-4H3,(H,21,25). The summed E-state index contributed by atoms with van der Waals surface area (Å²) in [5.41, 5.74) is 3.17. The van der Waals surface area contributed by atoms with E-state index in [-0.39, 0.29) is 11.8 Å². The Hall–Kier alpha value is -1.92. The van der Waals surface area contributed by atoms with Crippen molar-refractivity contribution in [2.45, 2.75) is 27.7 Å². The van der Waals surface area contributed by atoms with E-state index in [1.807, 2.05) is 50.8 Å². The zero-order valence-corrected chi connectivity index (χ0v) is 16.5. The van der Waals surface area contributed by atoms with Crippen LogP contribution in [0.4, 0.5) is 5.69 Å². The molecule has 2 rings (SSSR count). The van der Waals surface area contributed by atoms with Gasteiger partial charge in [0.2, 0.25) is 11.8 Å². The Morgan fingerprint density at radius 2 is 1.58 bits per heavy atom. The molecule has 1 aromatic rings. The zero-order valence-electron chi connectivity index (χ0n) is 16.5. The van der Waals surface area contributed by atoms with Crippen LogP contribution >= 0.6 is 0 Å². The molecule has 1 heterocycles. The molecule has 0 spiro atoms. The van der Waals surface area contributed by atoms with Crippen molar-refractivity contribution >= 4 is 17.5 Å². The number of aryl methyl sites for hydroxylation is 1. The molecule has 0 aliphatic carbocycles. The first-order chi connectivity index (χ1) is 12.4. The summed E-state index contributed by atoms with van der Waals surface area (Å²) in [6.45, 7) is 13.7. The first kappa shape index (κ1) is 20.4. The molecule has 1 N–H and O–H groups in total. The smallest absolute Gasteiger partial charge is 0.238 e. The van der Waals surface area contributed by atoms with Gasteiger partial charge >= 0.3 is 0 Å². The second-order valence-electron chi connectivity index (χ2n) is 6.91. The van der Waals surface area contributed by atoms with Gasteiger partial charge in [-0.1, -0.05) is 12.1 Å². The molecular formula is C20H32N4O2. The van der Waals surface area contributed by atoms with Gasteiger partial charge in [-0.25, -0.2) is 0 Å². The fourth-order valence-corrected chi connectivity index (χ4v) is 3.25. The normalized spacial score (nSPS) is 15.7. The van der Waals surface area contributed by atoms with E-state index in [4.69, 9.17) is 0 Å². The quantitative estimate of drug-likeness (QED) is 0.805. The topological polar surface area (TPSA) is 55.9 Å². The number of rotatable bonds is 7. The Kier molecular flexibility index (Phi) is 7.60. The van der Waals surface area contributed by atoms with E-state index in [1.165, 1.54) is 5.56 Å². The second kappa shape index (κ2) is 9.69. The lowest BCUT2D eigenvalue weighted by Gasteiger charge is -2.34. The molecule has 26 heavy (non-hydrogen) atoms. The van der Waals surface area contributed by atoms with Crippen LogP contribution in [0.2, 0.25) is 0 Å². The highest BCUT2D eigenvalue weighted by atomic mass is 16.2. The number of hydrogen-bond acceptors (Lipinski definition) is 4. The van der Waals surface area contributed by atoms with Crippen molar-refractivity contribution in [2.24, 2.45) is 0 Å². The summed E-state index contributed by atoms with van der Waals surface area (Å²) in [6.07, 6.45) is 0. The van der Waals surface area contributed by atoms with Crippen molar-refractivity contribution in [2.75, 3.05) is 57.7 Å². The molecule has 0 atom stereocenters. The van der Waals surface area contributed by atoms with Crippen LogP contribution in [-0.2, 0) is 9.59 Å². The highest BCUT2D eigenvalue weighted by Gasteiger charge is 2.22. The Balaban J connectivity index is 1.77. The Morgan fingerprint density at radius 1 is 1.00 bits per heavy atom. The maximum Gasteiger partial charge on any atom is 0.238 e. The van der Waals surface area contributed by atoms with Crippen molar-refractivity contribution in [1.82, 2.24) is 14.7 Å². The van der Waals surface area contributed by atoms with Crippen molar-refractivity contribution in [3.63, 3.8) is 0 Å². The summed E-state index contributed by atoms with van der Waals surface area (Å²) in [4.78, 5) is 30.7. The van der Waals surface area contributed by atoms with Crippen molar-refractivity contribution in [3.8, 4) is 0 Å². The van der Waals surface area contributed by atoms with E-state index in [1.54, 1.807) is 0 Å². The van der Waals surface area contributed by atoms with Gasteiger partial charge in [0.05, 0.1) is 13.1 Å². The minimum absolute atomic E-state index is 0.0198. The number of anilines is 1. The first-order valence-electron chi connectivity index (χ1n) is 9.53. The molecule has 144 valence electrons. The van der Waals surface area contributed by atoms with Gasteiger partial charge in [-0.05, 0) is 44.9 Å². The summed E-state index contributed by atoms with van der Waals surface area (Å²) in [5.74, 6) is 0.211. The molecular weight excluding hydrogens is 328 g/mol. The summed E-state index contributed by atoms with van der Waals surface area (Å²) in [5, 5.41) is 3.02. The molecule has 1 fully saturated rings. The summed E-state index contributed by atoms with van der Waals surface area (Å²) < 4.78 is 0. The van der Waals surface area contributed by atoms with Crippen molar-refractivity contribution in [3.05, 3.63) is 29.3 Å². The molecule has 1 aromatic carbocycles. The molecule has 0 aromatic heterocycles. The third kappa shape index (κ3) is 5.54. The maximum atomic E-state index is 12.3. The Labute approximate surface area is 157 Å². The number of carbonyl (C=O) groups is 2. The molecule has 1 saturated heterocycles. The van der Waals surface area contributed by atoms with E-state index >= 15 is 0 Å². The van der Waals surface area contributed by atoms with Gasteiger partial charge in [-0.2, -0.15) is 0 Å². The van der Waals surface area contributed by atoms with Crippen molar-refractivity contribution < 1.29 is 9.59 Å². The van der Waals surface area contributed by atoms with Crippen LogP contribution in [0.5, 0.6) is 0 Å². The predicted octanol–water partition coefficient (Wildman–Crippen LogP) is 1.73. The Bertz CT molecular complexity index is 620. The van der Waals surface area contributed by atoms with E-state index in [0.717, 1.165) is 50.5 Å². The predicted molar refractivity (Wildman–Crippen MR) is 105 cm³/mol. The van der Waals surface area contributed by atoms with Crippen LogP contribution in [0, 0.1) is 13.8 Å². The number of piperazine rings is 1. The average Bonchev–Trinajstić information content (AvgIpc) is 2.62. The van der Waals surface area contributed by atoms with E-state index in [9.17, 15) is 9.59 Å². The van der Waals surface area contributed by atoms with Gasteiger partial charge in [0.25, 0.3) is 0 Å². The molecule has 0 saturated carbocycles. The maximum absolute atomic E-state index is 12.3. The third-order valence-corrected chi connectivity index (χ3v) is 5.19. The fraction of sp³-hybridized carbons (Fsp3) is 0.600. The number of benzene rings is 1. The first-order valence-corrected chi connectivity index (χ1v) is 9.53. The highest BCUT2D eigenvalue weighted by Crippen LogP contribution is 2.17. The van der Waals surface area contributed by atoms with Gasteiger partial charge in [0.15, 0.2) is 0 Å². The highest BCUT2D eigenvalue weighted by molar-refractivity contribution is 5.93. The number of carbonyl (C=O) groups excluding carboxylic acids is 2. The van der Waals surface area contributed by atoms with Crippen LogP contribution in [0.3, 0.4) is 0 Å². The zero-order chi connectivity index (χ0) is 19.1. The summed E-state index contributed by atoms with van der Waals surface area (Å²) >= 11 is 0. The Morgan fingerprint density at radius 3 is 2.15 bits per heavy atom. The van der Waals surface area contributed by atoms with E-state index < -0.39 is 0 Å². The molecule has 1 aliphatic rings.